The van der Waals surface area contributed by atoms with Crippen molar-refractivity contribution in [1.82, 2.24) is 10.2 Å². The molecular weight excluding hydrogens is 392 g/mol. The number of amides is 1. The van der Waals surface area contributed by atoms with Crippen molar-refractivity contribution in [3.8, 4) is 0 Å². The summed E-state index contributed by atoms with van der Waals surface area (Å²) in [6.07, 6.45) is 0. The summed E-state index contributed by atoms with van der Waals surface area (Å²) in [5.74, 6) is -1.36. The summed E-state index contributed by atoms with van der Waals surface area (Å²) in [5.41, 5.74) is 3.09. The number of ether oxygens (including phenoxy) is 1. The molecule has 2 aliphatic rings. The fraction of sp³-hybridized carbons (Fsp3) is 0.375. The lowest BCUT2D eigenvalue weighted by molar-refractivity contribution is -0.153. The number of carbonyl (C=O) groups is 2. The van der Waals surface area contributed by atoms with Crippen molar-refractivity contribution < 1.29 is 14.3 Å². The molecule has 7 nitrogen and oxygen atoms in total. The maximum atomic E-state index is 13.0. The van der Waals surface area contributed by atoms with Gasteiger partial charge in [-0.25, -0.2) is 4.99 Å². The molecule has 31 heavy (non-hydrogen) atoms. The second-order valence-electron chi connectivity index (χ2n) is 7.84. The molecule has 4 rings (SSSR count). The number of carbonyl (C=O) groups excluding carboxylic acids is 2. The molecule has 1 amide bonds. The van der Waals surface area contributed by atoms with Gasteiger partial charge in [-0.15, -0.1) is 0 Å². The van der Waals surface area contributed by atoms with E-state index in [0.717, 1.165) is 37.3 Å². The first-order valence-corrected chi connectivity index (χ1v) is 10.7. The predicted octanol–water partition coefficient (Wildman–Crippen LogP) is 2.52. The van der Waals surface area contributed by atoms with Crippen molar-refractivity contribution >= 4 is 23.5 Å². The molecule has 0 saturated carbocycles. The first kappa shape index (κ1) is 20.9. The number of nitrogens with zero attached hydrogens (tertiary/aromatic N) is 3. The molecule has 2 aromatic carbocycles. The number of anilines is 1. The molecule has 0 spiro atoms. The molecule has 2 heterocycles. The van der Waals surface area contributed by atoms with E-state index in [-0.39, 0.29) is 12.5 Å². The lowest BCUT2D eigenvalue weighted by Gasteiger charge is -2.39. The number of piperazine rings is 1. The van der Waals surface area contributed by atoms with E-state index in [4.69, 9.17) is 9.73 Å². The molecule has 7 heteroatoms. The summed E-state index contributed by atoms with van der Waals surface area (Å²) in [4.78, 5) is 34.8. The van der Waals surface area contributed by atoms with Crippen molar-refractivity contribution in [2.24, 2.45) is 10.9 Å². The standard InChI is InChI=1S/C24H28N4O3/c1-3-31-23(30)20-21(18-9-7-8-17(2)16-18)25-24(26-22(20)29)28-14-12-27(13-15-28)19-10-5-4-6-11-19/h4-11,16,20-21H,3,12-15H2,1-2H3,(H,25,26,29)/t20-,21+/m1/s1. The summed E-state index contributed by atoms with van der Waals surface area (Å²) in [7, 11) is 0. The normalized spacial score (nSPS) is 21.4. The smallest absolute Gasteiger partial charge is 0.321 e. The van der Waals surface area contributed by atoms with E-state index in [2.05, 4.69) is 27.2 Å². The van der Waals surface area contributed by atoms with Gasteiger partial charge >= 0.3 is 5.97 Å². The number of hydrogen-bond acceptors (Lipinski definition) is 6. The van der Waals surface area contributed by atoms with E-state index in [1.807, 2.05) is 49.4 Å². The summed E-state index contributed by atoms with van der Waals surface area (Å²) >= 11 is 0. The quantitative estimate of drug-likeness (QED) is 0.608. The van der Waals surface area contributed by atoms with E-state index < -0.39 is 17.9 Å². The van der Waals surface area contributed by atoms with Gasteiger partial charge in [0.25, 0.3) is 0 Å². The molecule has 2 aromatic rings. The highest BCUT2D eigenvalue weighted by atomic mass is 16.5. The number of para-hydroxylation sites is 1. The Labute approximate surface area is 182 Å². The van der Waals surface area contributed by atoms with Gasteiger partial charge in [0.1, 0.15) is 6.04 Å². The number of hydrogen-bond donors (Lipinski definition) is 1. The van der Waals surface area contributed by atoms with Gasteiger partial charge in [0.05, 0.1) is 6.61 Å². The minimum absolute atomic E-state index is 0.223. The van der Waals surface area contributed by atoms with Crippen LogP contribution < -0.4 is 10.2 Å². The molecule has 1 N–H and O–H groups in total. The van der Waals surface area contributed by atoms with Crippen molar-refractivity contribution in [3.05, 3.63) is 65.7 Å². The van der Waals surface area contributed by atoms with E-state index >= 15 is 0 Å². The first-order chi connectivity index (χ1) is 15.1. The number of esters is 1. The maximum absolute atomic E-state index is 13.0. The van der Waals surface area contributed by atoms with Gasteiger partial charge in [-0.1, -0.05) is 48.0 Å². The minimum atomic E-state index is -0.990. The zero-order valence-corrected chi connectivity index (χ0v) is 18.0. The molecule has 2 aliphatic heterocycles. The number of guanidine groups is 1. The van der Waals surface area contributed by atoms with Crippen molar-refractivity contribution in [3.63, 3.8) is 0 Å². The second kappa shape index (κ2) is 9.20. The molecule has 1 saturated heterocycles. The van der Waals surface area contributed by atoms with E-state index in [0.29, 0.717) is 5.96 Å². The third-order valence-corrected chi connectivity index (χ3v) is 5.72. The van der Waals surface area contributed by atoms with Crippen LogP contribution in [0.4, 0.5) is 5.69 Å². The largest absolute Gasteiger partial charge is 0.465 e. The molecule has 0 radical (unpaired) electrons. The van der Waals surface area contributed by atoms with Crippen LogP contribution in [0.3, 0.4) is 0 Å². The lowest BCUT2D eigenvalue weighted by atomic mass is 9.90. The number of rotatable bonds is 4. The van der Waals surface area contributed by atoms with Crippen molar-refractivity contribution in [2.75, 3.05) is 37.7 Å². The highest BCUT2D eigenvalue weighted by molar-refractivity contribution is 6.08. The van der Waals surface area contributed by atoms with Crippen LogP contribution in [-0.4, -0.2) is 55.5 Å². The molecule has 0 aromatic heterocycles. The van der Waals surface area contributed by atoms with Crippen LogP contribution in [0.5, 0.6) is 0 Å². The fourth-order valence-corrected chi connectivity index (χ4v) is 4.13. The Morgan fingerprint density at radius 3 is 2.45 bits per heavy atom. The van der Waals surface area contributed by atoms with Gasteiger partial charge < -0.3 is 14.5 Å². The predicted molar refractivity (Wildman–Crippen MR) is 120 cm³/mol. The molecule has 1 fully saturated rings. The number of aryl methyl sites for hydroxylation is 1. The zero-order chi connectivity index (χ0) is 21.8. The highest BCUT2D eigenvalue weighted by Gasteiger charge is 2.42. The van der Waals surface area contributed by atoms with Gasteiger partial charge in [-0.2, -0.15) is 0 Å². The van der Waals surface area contributed by atoms with Gasteiger partial charge in [0, 0.05) is 31.9 Å². The van der Waals surface area contributed by atoms with Gasteiger partial charge in [-0.3, -0.25) is 14.9 Å². The molecule has 162 valence electrons. The Morgan fingerprint density at radius 2 is 1.77 bits per heavy atom. The summed E-state index contributed by atoms with van der Waals surface area (Å²) in [6.45, 7) is 7.07. The van der Waals surface area contributed by atoms with Crippen LogP contribution in [0.2, 0.25) is 0 Å². The molecule has 0 aliphatic carbocycles. The molecule has 0 bridgehead atoms. The van der Waals surface area contributed by atoms with Gasteiger partial charge in [-0.05, 0) is 31.5 Å². The van der Waals surface area contributed by atoms with E-state index in [9.17, 15) is 9.59 Å². The maximum Gasteiger partial charge on any atom is 0.321 e. The zero-order valence-electron chi connectivity index (χ0n) is 18.0. The van der Waals surface area contributed by atoms with Crippen LogP contribution in [0.1, 0.15) is 24.1 Å². The highest BCUT2D eigenvalue weighted by Crippen LogP contribution is 2.31. The van der Waals surface area contributed by atoms with E-state index in [1.54, 1.807) is 6.92 Å². The van der Waals surface area contributed by atoms with Gasteiger partial charge in [0.15, 0.2) is 5.92 Å². The van der Waals surface area contributed by atoms with Gasteiger partial charge in [0.2, 0.25) is 11.9 Å². The summed E-state index contributed by atoms with van der Waals surface area (Å²) < 4.78 is 5.19. The van der Waals surface area contributed by atoms with Crippen LogP contribution >= 0.6 is 0 Å². The summed E-state index contributed by atoms with van der Waals surface area (Å²) in [6, 6.07) is 17.5. The molecule has 2 atom stereocenters. The average molecular weight is 421 g/mol. The Hall–Kier alpha value is -3.35. The van der Waals surface area contributed by atoms with Crippen LogP contribution in [0, 0.1) is 12.8 Å². The second-order valence-corrected chi connectivity index (χ2v) is 7.84. The van der Waals surface area contributed by atoms with Crippen molar-refractivity contribution in [1.29, 1.82) is 0 Å². The SMILES string of the molecule is CCOC(=O)[C@H]1C(=O)NC(N2CCN(c3ccccc3)CC2)=N[C@H]1c1cccc(C)c1. The van der Waals surface area contributed by atoms with Crippen LogP contribution in [0.25, 0.3) is 0 Å². The molecule has 0 unspecified atom stereocenters. The number of aliphatic imine (C=N–C) groups is 1. The van der Waals surface area contributed by atoms with Crippen LogP contribution in [0.15, 0.2) is 59.6 Å². The third kappa shape index (κ3) is 4.55. The number of nitrogens with one attached hydrogen (secondary N) is 1. The average Bonchev–Trinajstić information content (AvgIpc) is 2.79. The van der Waals surface area contributed by atoms with E-state index in [1.165, 1.54) is 5.69 Å². The number of benzene rings is 2. The fourth-order valence-electron chi connectivity index (χ4n) is 4.13. The lowest BCUT2D eigenvalue weighted by Crippen LogP contribution is -2.57. The van der Waals surface area contributed by atoms with Crippen molar-refractivity contribution in [2.45, 2.75) is 19.9 Å². The minimum Gasteiger partial charge on any atom is -0.465 e. The Balaban J connectivity index is 1.57. The topological polar surface area (TPSA) is 74.2 Å². The Bertz CT molecular complexity index is 968. The first-order valence-electron chi connectivity index (χ1n) is 10.7. The Kier molecular flexibility index (Phi) is 6.21. The monoisotopic (exact) mass is 420 g/mol. The Morgan fingerprint density at radius 1 is 1.06 bits per heavy atom. The molecular formula is C24H28N4O3. The third-order valence-electron chi connectivity index (χ3n) is 5.72. The van der Waals surface area contributed by atoms with Crippen LogP contribution in [-0.2, 0) is 14.3 Å². The summed E-state index contributed by atoms with van der Waals surface area (Å²) in [5, 5.41) is 2.86.